The van der Waals surface area contributed by atoms with E-state index in [2.05, 4.69) is 14.7 Å². The van der Waals surface area contributed by atoms with Gasteiger partial charge in [0.25, 0.3) is 10.0 Å². The Morgan fingerprint density at radius 1 is 1.22 bits per heavy atom. The molecular weight excluding hydrogens is 361 g/mol. The lowest BCUT2D eigenvalue weighted by Crippen LogP contribution is -2.13. The fourth-order valence-corrected chi connectivity index (χ4v) is 3.71. The topological polar surface area (TPSA) is 84.1 Å². The van der Waals surface area contributed by atoms with Crippen molar-refractivity contribution in [3.8, 4) is 5.88 Å². The summed E-state index contributed by atoms with van der Waals surface area (Å²) in [6.45, 7) is 0. The summed E-state index contributed by atoms with van der Waals surface area (Å²) in [5.41, 5.74) is 0.775. The first-order valence-corrected chi connectivity index (χ1v) is 8.63. The molecule has 0 saturated carbocycles. The van der Waals surface area contributed by atoms with Gasteiger partial charge in [-0.15, -0.1) is 0 Å². The van der Waals surface area contributed by atoms with Crippen molar-refractivity contribution in [3.05, 3.63) is 46.7 Å². The molecule has 2 heterocycles. The SMILES string of the molecule is COc1ncc(Cl)cc1NS(=O)(=O)c1c[nH]c2cc(Cl)ccc12. The van der Waals surface area contributed by atoms with Crippen molar-refractivity contribution in [2.24, 2.45) is 0 Å². The van der Waals surface area contributed by atoms with E-state index in [1.807, 2.05) is 0 Å². The van der Waals surface area contributed by atoms with Crippen molar-refractivity contribution >= 4 is 49.8 Å². The molecule has 0 aliphatic rings. The quantitative estimate of drug-likeness (QED) is 0.732. The Labute approximate surface area is 142 Å². The normalized spacial score (nSPS) is 11.6. The molecule has 0 spiro atoms. The number of benzene rings is 1. The third-order valence-electron chi connectivity index (χ3n) is 3.15. The monoisotopic (exact) mass is 371 g/mol. The van der Waals surface area contributed by atoms with Crippen LogP contribution in [0.1, 0.15) is 0 Å². The van der Waals surface area contributed by atoms with E-state index in [1.165, 1.54) is 25.6 Å². The molecule has 0 radical (unpaired) electrons. The summed E-state index contributed by atoms with van der Waals surface area (Å²) in [7, 11) is -2.47. The maximum Gasteiger partial charge on any atom is 0.264 e. The average Bonchev–Trinajstić information content (AvgIpc) is 2.90. The first kappa shape index (κ1) is 15.9. The van der Waals surface area contributed by atoms with E-state index in [9.17, 15) is 8.42 Å². The van der Waals surface area contributed by atoms with E-state index >= 15 is 0 Å². The zero-order valence-corrected chi connectivity index (χ0v) is 14.1. The van der Waals surface area contributed by atoms with Crippen LogP contribution in [0.5, 0.6) is 5.88 Å². The van der Waals surface area contributed by atoms with Crippen molar-refractivity contribution in [2.45, 2.75) is 4.90 Å². The zero-order valence-electron chi connectivity index (χ0n) is 11.8. The molecule has 9 heteroatoms. The highest BCUT2D eigenvalue weighted by molar-refractivity contribution is 7.93. The summed E-state index contributed by atoms with van der Waals surface area (Å²) in [6.07, 6.45) is 2.76. The zero-order chi connectivity index (χ0) is 16.6. The lowest BCUT2D eigenvalue weighted by Gasteiger charge is -2.10. The number of halogens is 2. The minimum absolute atomic E-state index is 0.0891. The van der Waals surface area contributed by atoms with Crippen LogP contribution in [0.4, 0.5) is 5.69 Å². The van der Waals surface area contributed by atoms with Crippen LogP contribution in [0.2, 0.25) is 10.0 Å². The Balaban J connectivity index is 2.06. The van der Waals surface area contributed by atoms with Gasteiger partial charge in [0, 0.05) is 28.3 Å². The fraction of sp³-hybridized carbons (Fsp3) is 0.0714. The number of aromatic nitrogens is 2. The fourth-order valence-electron chi connectivity index (χ4n) is 2.16. The van der Waals surface area contributed by atoms with Crippen molar-refractivity contribution in [3.63, 3.8) is 0 Å². The minimum Gasteiger partial charge on any atom is -0.479 e. The van der Waals surface area contributed by atoms with Crippen LogP contribution in [0.25, 0.3) is 10.9 Å². The highest BCUT2D eigenvalue weighted by atomic mass is 35.5. The second-order valence-electron chi connectivity index (χ2n) is 4.66. The third kappa shape index (κ3) is 3.08. The van der Waals surface area contributed by atoms with Gasteiger partial charge in [0.05, 0.1) is 12.1 Å². The van der Waals surface area contributed by atoms with E-state index in [4.69, 9.17) is 27.9 Å². The van der Waals surface area contributed by atoms with Gasteiger partial charge in [-0.05, 0) is 24.3 Å². The Hall–Kier alpha value is -1.96. The molecule has 3 rings (SSSR count). The van der Waals surface area contributed by atoms with Crippen molar-refractivity contribution in [1.29, 1.82) is 0 Å². The molecule has 0 atom stereocenters. The smallest absolute Gasteiger partial charge is 0.264 e. The number of pyridine rings is 1. The first-order valence-electron chi connectivity index (χ1n) is 6.40. The van der Waals surface area contributed by atoms with Crippen LogP contribution in [0, 0.1) is 0 Å². The molecule has 23 heavy (non-hydrogen) atoms. The number of aromatic amines is 1. The van der Waals surface area contributed by atoms with Crippen LogP contribution >= 0.6 is 23.2 Å². The second kappa shape index (κ2) is 5.92. The van der Waals surface area contributed by atoms with Crippen LogP contribution in [-0.4, -0.2) is 25.5 Å². The van der Waals surface area contributed by atoms with Gasteiger partial charge in [-0.3, -0.25) is 4.72 Å². The molecule has 6 nitrogen and oxygen atoms in total. The summed E-state index contributed by atoms with van der Waals surface area (Å²) in [5.74, 6) is 0.126. The molecule has 0 bridgehead atoms. The molecule has 2 aromatic heterocycles. The highest BCUT2D eigenvalue weighted by Crippen LogP contribution is 2.30. The van der Waals surface area contributed by atoms with Gasteiger partial charge in [-0.25, -0.2) is 13.4 Å². The maximum absolute atomic E-state index is 12.7. The Bertz CT molecular complexity index is 986. The Kier molecular flexibility index (Phi) is 4.09. The second-order valence-corrected chi connectivity index (χ2v) is 7.18. The van der Waals surface area contributed by atoms with E-state index in [1.54, 1.807) is 18.2 Å². The summed E-state index contributed by atoms with van der Waals surface area (Å²) in [4.78, 5) is 6.90. The number of methoxy groups -OCH3 is 1. The van der Waals surface area contributed by atoms with Crippen LogP contribution < -0.4 is 9.46 Å². The van der Waals surface area contributed by atoms with Crippen molar-refractivity contribution in [2.75, 3.05) is 11.8 Å². The molecule has 0 unspecified atom stereocenters. The number of rotatable bonds is 4. The standard InChI is InChI=1S/C14H11Cl2N3O3S/c1-22-14-12(5-9(16)6-18-14)19-23(20,21)13-7-17-11-4-8(15)2-3-10(11)13/h2-7,17,19H,1H3. The largest absolute Gasteiger partial charge is 0.479 e. The van der Waals surface area contributed by atoms with Gasteiger partial charge in [-0.2, -0.15) is 0 Å². The van der Waals surface area contributed by atoms with Crippen LogP contribution in [0.15, 0.2) is 41.6 Å². The lowest BCUT2D eigenvalue weighted by atomic mass is 10.2. The predicted molar refractivity (Wildman–Crippen MR) is 89.9 cm³/mol. The molecule has 0 aliphatic carbocycles. The number of nitrogens with zero attached hydrogens (tertiary/aromatic N) is 1. The number of hydrogen-bond acceptors (Lipinski definition) is 4. The van der Waals surface area contributed by atoms with Gasteiger partial charge < -0.3 is 9.72 Å². The van der Waals surface area contributed by atoms with E-state index in [0.717, 1.165) is 0 Å². The molecule has 0 saturated heterocycles. The molecule has 2 N–H and O–H groups in total. The number of nitrogens with one attached hydrogen (secondary N) is 2. The summed E-state index contributed by atoms with van der Waals surface area (Å²) in [5, 5.41) is 1.32. The highest BCUT2D eigenvalue weighted by Gasteiger charge is 2.21. The van der Waals surface area contributed by atoms with E-state index in [0.29, 0.717) is 15.9 Å². The molecular formula is C14H11Cl2N3O3S. The maximum atomic E-state index is 12.7. The molecule has 0 aliphatic heterocycles. The van der Waals surface area contributed by atoms with E-state index in [-0.39, 0.29) is 21.5 Å². The summed E-state index contributed by atoms with van der Waals surface area (Å²) < 4.78 is 32.8. The number of sulfonamides is 1. The van der Waals surface area contributed by atoms with E-state index < -0.39 is 10.0 Å². The number of ether oxygens (including phenoxy) is 1. The molecule has 0 fully saturated rings. The van der Waals surface area contributed by atoms with Gasteiger partial charge in [0.1, 0.15) is 10.6 Å². The van der Waals surface area contributed by atoms with Crippen molar-refractivity contribution < 1.29 is 13.2 Å². The van der Waals surface area contributed by atoms with Crippen molar-refractivity contribution in [1.82, 2.24) is 9.97 Å². The van der Waals surface area contributed by atoms with Crippen LogP contribution in [-0.2, 0) is 10.0 Å². The molecule has 3 aromatic rings. The number of fused-ring (bicyclic) bond motifs is 1. The molecule has 1 aromatic carbocycles. The van der Waals surface area contributed by atoms with Gasteiger partial charge >= 0.3 is 0 Å². The number of H-pyrrole nitrogens is 1. The summed E-state index contributed by atoms with van der Waals surface area (Å²) in [6, 6.07) is 6.34. The molecule has 120 valence electrons. The number of hydrogen-bond donors (Lipinski definition) is 2. The predicted octanol–water partition coefficient (Wildman–Crippen LogP) is 3.68. The lowest BCUT2D eigenvalue weighted by molar-refractivity contribution is 0.400. The van der Waals surface area contributed by atoms with Gasteiger partial charge in [0.15, 0.2) is 0 Å². The average molecular weight is 372 g/mol. The number of anilines is 1. The van der Waals surface area contributed by atoms with Gasteiger partial charge in [0.2, 0.25) is 5.88 Å². The summed E-state index contributed by atoms with van der Waals surface area (Å²) >= 11 is 11.8. The first-order chi connectivity index (χ1) is 10.9. The Morgan fingerprint density at radius 2 is 2.00 bits per heavy atom. The molecule has 0 amide bonds. The Morgan fingerprint density at radius 3 is 2.74 bits per heavy atom. The minimum atomic E-state index is -3.86. The van der Waals surface area contributed by atoms with Gasteiger partial charge in [-0.1, -0.05) is 23.2 Å². The van der Waals surface area contributed by atoms with Crippen LogP contribution in [0.3, 0.4) is 0 Å². The third-order valence-corrected chi connectivity index (χ3v) is 5.00.